The number of amides is 2. The van der Waals surface area contributed by atoms with E-state index in [1.165, 1.54) is 11.3 Å². The van der Waals surface area contributed by atoms with Crippen LogP contribution >= 0.6 is 22.9 Å². The van der Waals surface area contributed by atoms with Crippen molar-refractivity contribution in [1.29, 1.82) is 0 Å². The lowest BCUT2D eigenvalue weighted by Gasteiger charge is -2.23. The van der Waals surface area contributed by atoms with Crippen LogP contribution in [0, 0.1) is 0 Å². The molecule has 0 aliphatic rings. The fraction of sp³-hybridized carbons (Fsp3) is 0.312. The molecular formula is C16H19ClN2OS. The summed E-state index contributed by atoms with van der Waals surface area (Å²) in [6, 6.07) is 13.7. The first-order chi connectivity index (χ1) is 10.1. The minimum atomic E-state index is -0.0571. The first-order valence-electron chi connectivity index (χ1n) is 6.94. The van der Waals surface area contributed by atoms with E-state index in [1.54, 1.807) is 4.90 Å². The van der Waals surface area contributed by atoms with Gasteiger partial charge in [-0.05, 0) is 31.5 Å². The second-order valence-corrected chi connectivity index (χ2v) is 6.60. The third-order valence-corrected chi connectivity index (χ3v) is 4.50. The van der Waals surface area contributed by atoms with Crippen molar-refractivity contribution >= 4 is 29.0 Å². The van der Waals surface area contributed by atoms with Crippen LogP contribution in [0.4, 0.5) is 4.79 Å². The van der Waals surface area contributed by atoms with Crippen molar-refractivity contribution in [2.75, 3.05) is 6.54 Å². The Labute approximate surface area is 134 Å². The van der Waals surface area contributed by atoms with Gasteiger partial charge in [-0.15, -0.1) is 11.3 Å². The molecule has 0 bridgehead atoms. The zero-order chi connectivity index (χ0) is 15.2. The summed E-state index contributed by atoms with van der Waals surface area (Å²) >= 11 is 7.44. The van der Waals surface area contributed by atoms with Gasteiger partial charge in [0.05, 0.1) is 16.9 Å². The van der Waals surface area contributed by atoms with Gasteiger partial charge in [0.25, 0.3) is 0 Å². The minimum absolute atomic E-state index is 0.0142. The van der Waals surface area contributed by atoms with Gasteiger partial charge < -0.3 is 10.2 Å². The van der Waals surface area contributed by atoms with Crippen molar-refractivity contribution in [3.63, 3.8) is 0 Å². The van der Waals surface area contributed by atoms with Crippen molar-refractivity contribution in [3.05, 3.63) is 57.2 Å². The van der Waals surface area contributed by atoms with Gasteiger partial charge in [-0.25, -0.2) is 4.79 Å². The van der Waals surface area contributed by atoms with Gasteiger partial charge >= 0.3 is 6.03 Å². The molecule has 0 saturated carbocycles. The number of hydrogen-bond acceptors (Lipinski definition) is 2. The molecule has 1 heterocycles. The number of halogens is 1. The molecule has 1 aromatic heterocycles. The average Bonchev–Trinajstić information content (AvgIpc) is 2.90. The highest BCUT2D eigenvalue weighted by Gasteiger charge is 2.16. The zero-order valence-electron chi connectivity index (χ0n) is 12.2. The Morgan fingerprint density at radius 3 is 2.57 bits per heavy atom. The van der Waals surface area contributed by atoms with E-state index >= 15 is 0 Å². The number of nitrogens with one attached hydrogen (secondary N) is 1. The summed E-state index contributed by atoms with van der Waals surface area (Å²) in [5.41, 5.74) is 1.10. The van der Waals surface area contributed by atoms with Crippen molar-refractivity contribution in [1.82, 2.24) is 10.2 Å². The van der Waals surface area contributed by atoms with Crippen LogP contribution < -0.4 is 5.32 Å². The Morgan fingerprint density at radius 1 is 1.29 bits per heavy atom. The summed E-state index contributed by atoms with van der Waals surface area (Å²) < 4.78 is 0.749. The minimum Gasteiger partial charge on any atom is -0.331 e. The summed E-state index contributed by atoms with van der Waals surface area (Å²) in [5.74, 6) is 0. The third kappa shape index (κ3) is 4.48. The lowest BCUT2D eigenvalue weighted by molar-refractivity contribution is 0.195. The summed E-state index contributed by atoms with van der Waals surface area (Å²) in [7, 11) is 0. The monoisotopic (exact) mass is 322 g/mol. The molecule has 1 atom stereocenters. The molecule has 5 heteroatoms. The predicted molar refractivity (Wildman–Crippen MR) is 88.8 cm³/mol. The zero-order valence-corrected chi connectivity index (χ0v) is 13.7. The number of carbonyl (C=O) groups is 1. The van der Waals surface area contributed by atoms with Crippen LogP contribution in [0.2, 0.25) is 4.34 Å². The SMILES string of the molecule is CCN(Cc1ccc(Cl)s1)C(=O)NC(C)c1ccccc1. The largest absolute Gasteiger partial charge is 0.331 e. The lowest BCUT2D eigenvalue weighted by Crippen LogP contribution is -2.40. The molecule has 0 aliphatic carbocycles. The molecule has 112 valence electrons. The van der Waals surface area contributed by atoms with Crippen LogP contribution in [0.3, 0.4) is 0 Å². The molecule has 21 heavy (non-hydrogen) atoms. The van der Waals surface area contributed by atoms with Crippen molar-refractivity contribution in [2.24, 2.45) is 0 Å². The number of hydrogen-bond donors (Lipinski definition) is 1. The number of benzene rings is 1. The maximum Gasteiger partial charge on any atom is 0.318 e. The maximum atomic E-state index is 12.4. The Kier molecular flexibility index (Phi) is 5.65. The van der Waals surface area contributed by atoms with E-state index in [1.807, 2.05) is 56.3 Å². The Morgan fingerprint density at radius 2 is 2.00 bits per heavy atom. The van der Waals surface area contributed by atoms with Gasteiger partial charge in [-0.3, -0.25) is 0 Å². The van der Waals surface area contributed by atoms with Crippen molar-refractivity contribution < 1.29 is 4.79 Å². The Bertz CT molecular complexity index is 585. The average molecular weight is 323 g/mol. The summed E-state index contributed by atoms with van der Waals surface area (Å²) in [6.45, 7) is 5.20. The highest BCUT2D eigenvalue weighted by atomic mass is 35.5. The maximum absolute atomic E-state index is 12.4. The number of urea groups is 1. The molecule has 3 nitrogen and oxygen atoms in total. The van der Waals surface area contributed by atoms with Gasteiger partial charge in [0.2, 0.25) is 0 Å². The number of nitrogens with zero attached hydrogens (tertiary/aromatic N) is 1. The summed E-state index contributed by atoms with van der Waals surface area (Å²) in [5, 5.41) is 3.03. The smallest absolute Gasteiger partial charge is 0.318 e. The molecule has 1 unspecified atom stereocenters. The summed E-state index contributed by atoms with van der Waals surface area (Å²) in [4.78, 5) is 15.2. The van der Waals surface area contributed by atoms with Crippen LogP contribution in [-0.2, 0) is 6.54 Å². The molecule has 1 N–H and O–H groups in total. The van der Waals surface area contributed by atoms with E-state index in [-0.39, 0.29) is 12.1 Å². The third-order valence-electron chi connectivity index (χ3n) is 3.28. The molecule has 0 spiro atoms. The van der Waals surface area contributed by atoms with Gasteiger partial charge in [0.1, 0.15) is 0 Å². The lowest BCUT2D eigenvalue weighted by atomic mass is 10.1. The van der Waals surface area contributed by atoms with Crippen LogP contribution in [0.1, 0.15) is 30.3 Å². The molecule has 1 aromatic carbocycles. The van der Waals surface area contributed by atoms with Crippen LogP contribution in [-0.4, -0.2) is 17.5 Å². The van der Waals surface area contributed by atoms with Gasteiger partial charge in [0, 0.05) is 11.4 Å². The van der Waals surface area contributed by atoms with E-state index in [4.69, 9.17) is 11.6 Å². The fourth-order valence-electron chi connectivity index (χ4n) is 2.05. The van der Waals surface area contributed by atoms with Gasteiger partial charge in [0.15, 0.2) is 0 Å². The highest BCUT2D eigenvalue weighted by Crippen LogP contribution is 2.23. The van der Waals surface area contributed by atoms with Crippen molar-refractivity contribution in [2.45, 2.75) is 26.4 Å². The Hall–Kier alpha value is -1.52. The highest BCUT2D eigenvalue weighted by molar-refractivity contribution is 7.16. The second-order valence-electron chi connectivity index (χ2n) is 4.80. The topological polar surface area (TPSA) is 32.3 Å². The normalized spacial score (nSPS) is 12.0. The number of thiophene rings is 1. The van der Waals surface area contributed by atoms with Gasteiger partial charge in [-0.2, -0.15) is 0 Å². The van der Waals surface area contributed by atoms with Crippen molar-refractivity contribution in [3.8, 4) is 0 Å². The fourth-order valence-corrected chi connectivity index (χ4v) is 3.16. The molecule has 2 amide bonds. The molecule has 0 saturated heterocycles. The first-order valence-corrected chi connectivity index (χ1v) is 8.14. The molecule has 2 aromatic rings. The van der Waals surface area contributed by atoms with Crippen LogP contribution in [0.25, 0.3) is 0 Å². The standard InChI is InChI=1S/C16H19ClN2OS/c1-3-19(11-14-9-10-15(17)21-14)16(20)18-12(2)13-7-5-4-6-8-13/h4-10,12H,3,11H2,1-2H3,(H,18,20). The molecule has 0 aliphatic heterocycles. The van der Waals surface area contributed by atoms with Crippen LogP contribution in [0.5, 0.6) is 0 Å². The van der Waals surface area contributed by atoms with E-state index in [2.05, 4.69) is 5.32 Å². The van der Waals surface area contributed by atoms with E-state index in [0.29, 0.717) is 13.1 Å². The molecule has 0 radical (unpaired) electrons. The second kappa shape index (κ2) is 7.48. The molecule has 2 rings (SSSR count). The Balaban J connectivity index is 1.97. The molecular weight excluding hydrogens is 304 g/mol. The van der Waals surface area contributed by atoms with E-state index < -0.39 is 0 Å². The number of rotatable bonds is 5. The molecule has 0 fully saturated rings. The first kappa shape index (κ1) is 15.9. The predicted octanol–water partition coefficient (Wildman–Crippen LogP) is 4.69. The number of carbonyl (C=O) groups excluding carboxylic acids is 1. The van der Waals surface area contributed by atoms with E-state index in [9.17, 15) is 4.79 Å². The van der Waals surface area contributed by atoms with Crippen LogP contribution in [0.15, 0.2) is 42.5 Å². The van der Waals surface area contributed by atoms with Gasteiger partial charge in [-0.1, -0.05) is 41.9 Å². The summed E-state index contributed by atoms with van der Waals surface area (Å²) in [6.07, 6.45) is 0. The van der Waals surface area contributed by atoms with E-state index in [0.717, 1.165) is 14.8 Å². The quantitative estimate of drug-likeness (QED) is 0.850.